The van der Waals surface area contributed by atoms with E-state index in [1.807, 2.05) is 0 Å². The zero-order valence-corrected chi connectivity index (χ0v) is 6.58. The maximum Gasteiger partial charge on any atom is 0.0612 e. The fourth-order valence-corrected chi connectivity index (χ4v) is 1.57. The lowest BCUT2D eigenvalue weighted by Crippen LogP contribution is -2.55. The van der Waals surface area contributed by atoms with Gasteiger partial charge in [-0.1, -0.05) is 0 Å². The van der Waals surface area contributed by atoms with Crippen molar-refractivity contribution in [2.75, 3.05) is 6.61 Å². The van der Waals surface area contributed by atoms with Crippen LogP contribution in [0.1, 0.15) is 12.8 Å². The van der Waals surface area contributed by atoms with E-state index in [4.69, 9.17) is 22.4 Å². The molecule has 0 atom stereocenters. The van der Waals surface area contributed by atoms with Gasteiger partial charge in [-0.2, -0.15) is 0 Å². The van der Waals surface area contributed by atoms with Gasteiger partial charge in [-0.05, 0) is 12.8 Å². The molecule has 4 heteroatoms. The van der Waals surface area contributed by atoms with Crippen LogP contribution in [-0.2, 0) is 0 Å². The van der Waals surface area contributed by atoms with Gasteiger partial charge in [0.25, 0.3) is 0 Å². The third kappa shape index (κ3) is 1.97. The standard InChI is InChI=1S/C5H10ClNO.ClH/c6-4-1-5(7,2-4)3-8;/h4,8H,1-3,7H2;1H. The molecular weight excluding hydrogens is 161 g/mol. The van der Waals surface area contributed by atoms with Gasteiger partial charge in [0.2, 0.25) is 0 Å². The predicted octanol–water partition coefficient (Wildman–Crippen LogP) is 0.499. The first-order valence-corrected chi connectivity index (χ1v) is 3.14. The van der Waals surface area contributed by atoms with E-state index in [2.05, 4.69) is 0 Å². The Balaban J connectivity index is 0.000000640. The molecule has 1 rings (SSSR count). The van der Waals surface area contributed by atoms with Gasteiger partial charge >= 0.3 is 0 Å². The van der Waals surface area contributed by atoms with Crippen LogP contribution < -0.4 is 5.73 Å². The van der Waals surface area contributed by atoms with Crippen molar-refractivity contribution in [3.8, 4) is 0 Å². The van der Waals surface area contributed by atoms with Gasteiger partial charge in [0.1, 0.15) is 0 Å². The Hall–Kier alpha value is 0.500. The monoisotopic (exact) mass is 171 g/mol. The first-order chi connectivity index (χ1) is 3.66. The first kappa shape index (κ1) is 9.50. The lowest BCUT2D eigenvalue weighted by atomic mass is 9.78. The second kappa shape index (κ2) is 3.06. The molecule has 1 aliphatic carbocycles. The second-order valence-electron chi connectivity index (χ2n) is 2.53. The van der Waals surface area contributed by atoms with E-state index in [0.29, 0.717) is 0 Å². The van der Waals surface area contributed by atoms with Crippen LogP contribution in [0.5, 0.6) is 0 Å². The third-order valence-electron chi connectivity index (χ3n) is 1.57. The highest BCUT2D eigenvalue weighted by molar-refractivity contribution is 6.21. The molecule has 0 aromatic heterocycles. The van der Waals surface area contributed by atoms with Gasteiger partial charge in [-0.3, -0.25) is 0 Å². The highest BCUT2D eigenvalue weighted by Gasteiger charge is 2.38. The number of aliphatic hydroxyl groups excluding tert-OH is 1. The van der Waals surface area contributed by atoms with Crippen LogP contribution in [0.15, 0.2) is 0 Å². The summed E-state index contributed by atoms with van der Waals surface area (Å²) in [4.78, 5) is 0. The smallest absolute Gasteiger partial charge is 0.0612 e. The Labute approximate surface area is 65.8 Å². The summed E-state index contributed by atoms with van der Waals surface area (Å²) in [6.07, 6.45) is 1.51. The van der Waals surface area contributed by atoms with Crippen LogP contribution in [0.2, 0.25) is 0 Å². The largest absolute Gasteiger partial charge is 0.394 e. The summed E-state index contributed by atoms with van der Waals surface area (Å²) >= 11 is 5.62. The van der Waals surface area contributed by atoms with Crippen molar-refractivity contribution in [2.24, 2.45) is 5.73 Å². The highest BCUT2D eigenvalue weighted by atomic mass is 35.5. The Morgan fingerprint density at radius 1 is 1.67 bits per heavy atom. The number of alkyl halides is 1. The fraction of sp³-hybridized carbons (Fsp3) is 1.00. The van der Waals surface area contributed by atoms with Crippen molar-refractivity contribution in [2.45, 2.75) is 23.8 Å². The fourth-order valence-electron chi connectivity index (χ4n) is 0.952. The van der Waals surface area contributed by atoms with E-state index >= 15 is 0 Å². The van der Waals surface area contributed by atoms with Gasteiger partial charge in [0.15, 0.2) is 0 Å². The van der Waals surface area contributed by atoms with E-state index < -0.39 is 0 Å². The summed E-state index contributed by atoms with van der Waals surface area (Å²) in [6, 6.07) is 0. The van der Waals surface area contributed by atoms with Crippen molar-refractivity contribution in [1.82, 2.24) is 0 Å². The minimum atomic E-state index is -0.341. The molecule has 1 saturated carbocycles. The summed E-state index contributed by atoms with van der Waals surface area (Å²) in [5.41, 5.74) is 5.22. The van der Waals surface area contributed by atoms with Gasteiger partial charge in [-0.15, -0.1) is 24.0 Å². The normalized spacial score (nSPS) is 41.0. The van der Waals surface area contributed by atoms with Gasteiger partial charge in [0, 0.05) is 10.9 Å². The zero-order valence-electron chi connectivity index (χ0n) is 5.01. The molecule has 0 aromatic carbocycles. The molecule has 0 saturated heterocycles. The van der Waals surface area contributed by atoms with Crippen LogP contribution in [0.25, 0.3) is 0 Å². The average molecular weight is 172 g/mol. The van der Waals surface area contributed by atoms with Crippen LogP contribution >= 0.6 is 24.0 Å². The Kier molecular flexibility index (Phi) is 3.23. The van der Waals surface area contributed by atoms with Crippen LogP contribution in [-0.4, -0.2) is 22.6 Å². The van der Waals surface area contributed by atoms with Gasteiger partial charge < -0.3 is 10.8 Å². The molecule has 9 heavy (non-hydrogen) atoms. The SMILES string of the molecule is Cl.NC1(CO)CC(Cl)C1. The molecule has 0 heterocycles. The van der Waals surface area contributed by atoms with E-state index in [1.165, 1.54) is 0 Å². The van der Waals surface area contributed by atoms with Crippen LogP contribution in [0.4, 0.5) is 0 Å². The molecule has 0 amide bonds. The molecule has 0 spiro atoms. The molecule has 1 aliphatic rings. The maximum atomic E-state index is 8.58. The lowest BCUT2D eigenvalue weighted by molar-refractivity contribution is 0.130. The minimum Gasteiger partial charge on any atom is -0.394 e. The number of halogens is 2. The van der Waals surface area contributed by atoms with E-state index in [0.717, 1.165) is 12.8 Å². The third-order valence-corrected chi connectivity index (χ3v) is 1.88. The van der Waals surface area contributed by atoms with Crippen molar-refractivity contribution in [3.05, 3.63) is 0 Å². The zero-order chi connectivity index (χ0) is 6.20. The Morgan fingerprint density at radius 2 is 2.11 bits per heavy atom. The average Bonchev–Trinajstić information content (AvgIpc) is 1.63. The quantitative estimate of drug-likeness (QED) is 0.565. The Morgan fingerprint density at radius 3 is 2.22 bits per heavy atom. The van der Waals surface area contributed by atoms with Crippen molar-refractivity contribution >= 4 is 24.0 Å². The van der Waals surface area contributed by atoms with Crippen molar-refractivity contribution in [3.63, 3.8) is 0 Å². The Bertz CT molecular complexity index is 93.0. The highest BCUT2D eigenvalue weighted by Crippen LogP contribution is 2.33. The van der Waals surface area contributed by atoms with Crippen LogP contribution in [0.3, 0.4) is 0 Å². The van der Waals surface area contributed by atoms with E-state index in [-0.39, 0.29) is 29.9 Å². The molecule has 0 bridgehead atoms. The number of hydrogen-bond acceptors (Lipinski definition) is 2. The summed E-state index contributed by atoms with van der Waals surface area (Å²) in [7, 11) is 0. The molecule has 3 N–H and O–H groups in total. The van der Waals surface area contributed by atoms with Gasteiger partial charge in [-0.25, -0.2) is 0 Å². The molecule has 0 radical (unpaired) electrons. The lowest BCUT2D eigenvalue weighted by Gasteiger charge is -2.40. The number of aliphatic hydroxyl groups is 1. The molecule has 0 unspecified atom stereocenters. The molecule has 1 fully saturated rings. The van der Waals surface area contributed by atoms with E-state index in [1.54, 1.807) is 0 Å². The summed E-state index contributed by atoms with van der Waals surface area (Å²) in [5.74, 6) is 0. The number of hydrogen-bond donors (Lipinski definition) is 2. The second-order valence-corrected chi connectivity index (χ2v) is 3.14. The molecule has 2 nitrogen and oxygen atoms in total. The summed E-state index contributed by atoms with van der Waals surface area (Å²) in [5, 5.41) is 8.78. The number of nitrogens with two attached hydrogens (primary N) is 1. The maximum absolute atomic E-state index is 8.58. The molecular formula is C5H11Cl2NO. The minimum absolute atomic E-state index is 0. The molecule has 0 aliphatic heterocycles. The van der Waals surface area contributed by atoms with E-state index in [9.17, 15) is 0 Å². The molecule has 56 valence electrons. The summed E-state index contributed by atoms with van der Waals surface area (Å²) in [6.45, 7) is 0.0657. The van der Waals surface area contributed by atoms with Crippen molar-refractivity contribution < 1.29 is 5.11 Å². The predicted molar refractivity (Wildman–Crippen MR) is 40.1 cm³/mol. The summed E-state index contributed by atoms with van der Waals surface area (Å²) < 4.78 is 0. The van der Waals surface area contributed by atoms with Gasteiger partial charge in [0.05, 0.1) is 6.61 Å². The number of rotatable bonds is 1. The first-order valence-electron chi connectivity index (χ1n) is 2.70. The molecule has 0 aromatic rings. The van der Waals surface area contributed by atoms with Crippen molar-refractivity contribution in [1.29, 1.82) is 0 Å². The van der Waals surface area contributed by atoms with Crippen LogP contribution in [0, 0.1) is 0 Å². The topological polar surface area (TPSA) is 46.2 Å².